The van der Waals surface area contributed by atoms with Gasteiger partial charge in [-0.3, -0.25) is 19.2 Å². The summed E-state index contributed by atoms with van der Waals surface area (Å²) in [7, 11) is 0. The van der Waals surface area contributed by atoms with Crippen LogP contribution in [-0.2, 0) is 24.0 Å². The standard InChI is InChI=1S/C17H30N4O8/c1-8(2)6-11(17(28)29)21-15(26)10(4-5-13(24)25)20-12(23)7-19-16(27)14(18)9(3)22/h8-11,14,22H,4-7,18H2,1-3H3,(H,19,27)(H,20,23)(H,21,26)(H,24,25)(H,28,29). The number of hydrogen-bond acceptors (Lipinski definition) is 7. The fourth-order valence-electron chi connectivity index (χ4n) is 2.25. The molecule has 0 aromatic carbocycles. The molecule has 29 heavy (non-hydrogen) atoms. The van der Waals surface area contributed by atoms with Gasteiger partial charge >= 0.3 is 11.9 Å². The van der Waals surface area contributed by atoms with Crippen molar-refractivity contribution < 1.29 is 39.3 Å². The van der Waals surface area contributed by atoms with Crippen LogP contribution in [0, 0.1) is 5.92 Å². The van der Waals surface area contributed by atoms with Crippen molar-refractivity contribution in [1.29, 1.82) is 0 Å². The third kappa shape index (κ3) is 11.0. The van der Waals surface area contributed by atoms with E-state index in [0.29, 0.717) is 0 Å². The van der Waals surface area contributed by atoms with Crippen LogP contribution in [0.5, 0.6) is 0 Å². The highest BCUT2D eigenvalue weighted by atomic mass is 16.4. The summed E-state index contributed by atoms with van der Waals surface area (Å²) in [4.78, 5) is 58.2. The summed E-state index contributed by atoms with van der Waals surface area (Å²) in [5.41, 5.74) is 5.42. The Labute approximate surface area is 168 Å². The lowest BCUT2D eigenvalue weighted by Crippen LogP contribution is -2.54. The molecule has 0 rings (SSSR count). The van der Waals surface area contributed by atoms with Crippen LogP contribution in [0.25, 0.3) is 0 Å². The minimum Gasteiger partial charge on any atom is -0.481 e. The zero-order valence-electron chi connectivity index (χ0n) is 16.7. The molecule has 0 saturated heterocycles. The Morgan fingerprint density at radius 1 is 0.931 bits per heavy atom. The Hall–Kier alpha value is -2.73. The number of carboxylic acids is 2. The molecule has 0 radical (unpaired) electrons. The first-order valence-corrected chi connectivity index (χ1v) is 9.10. The number of carbonyl (C=O) groups excluding carboxylic acids is 3. The van der Waals surface area contributed by atoms with E-state index in [9.17, 15) is 34.2 Å². The first-order valence-electron chi connectivity index (χ1n) is 9.10. The van der Waals surface area contributed by atoms with E-state index in [1.807, 2.05) is 0 Å². The second-order valence-electron chi connectivity index (χ2n) is 7.07. The third-order valence-corrected chi connectivity index (χ3v) is 3.87. The number of rotatable bonds is 13. The van der Waals surface area contributed by atoms with Crippen molar-refractivity contribution in [3.05, 3.63) is 0 Å². The van der Waals surface area contributed by atoms with Crippen molar-refractivity contribution in [1.82, 2.24) is 16.0 Å². The van der Waals surface area contributed by atoms with Crippen LogP contribution in [0.1, 0.15) is 40.0 Å². The number of aliphatic carboxylic acids is 2. The summed E-state index contributed by atoms with van der Waals surface area (Å²) >= 11 is 0. The van der Waals surface area contributed by atoms with Crippen molar-refractivity contribution >= 4 is 29.7 Å². The summed E-state index contributed by atoms with van der Waals surface area (Å²) in [6, 6.07) is -3.76. The molecule has 12 heteroatoms. The Balaban J connectivity index is 5.00. The van der Waals surface area contributed by atoms with E-state index in [4.69, 9.17) is 10.8 Å². The number of aliphatic hydroxyl groups is 1. The predicted octanol–water partition coefficient (Wildman–Crippen LogP) is -2.22. The van der Waals surface area contributed by atoms with Gasteiger partial charge in [0.1, 0.15) is 18.1 Å². The Morgan fingerprint density at radius 3 is 1.97 bits per heavy atom. The number of carboxylic acid groups (broad SMARTS) is 2. The van der Waals surface area contributed by atoms with Crippen molar-refractivity contribution in [2.45, 2.75) is 64.3 Å². The third-order valence-electron chi connectivity index (χ3n) is 3.87. The highest BCUT2D eigenvalue weighted by molar-refractivity contribution is 5.92. The van der Waals surface area contributed by atoms with E-state index in [2.05, 4.69) is 16.0 Å². The number of nitrogens with two attached hydrogens (primary N) is 1. The van der Waals surface area contributed by atoms with Crippen molar-refractivity contribution in [3.8, 4) is 0 Å². The zero-order chi connectivity index (χ0) is 22.7. The summed E-state index contributed by atoms with van der Waals surface area (Å²) in [6.07, 6.45) is -1.71. The summed E-state index contributed by atoms with van der Waals surface area (Å²) in [5, 5.41) is 34.0. The average molecular weight is 418 g/mol. The van der Waals surface area contributed by atoms with E-state index in [-0.39, 0.29) is 18.8 Å². The maximum Gasteiger partial charge on any atom is 0.326 e. The van der Waals surface area contributed by atoms with Crippen LogP contribution in [0.3, 0.4) is 0 Å². The van der Waals surface area contributed by atoms with Gasteiger partial charge in [-0.15, -0.1) is 0 Å². The lowest BCUT2D eigenvalue weighted by molar-refractivity contribution is -0.143. The van der Waals surface area contributed by atoms with Gasteiger partial charge in [-0.2, -0.15) is 0 Å². The van der Waals surface area contributed by atoms with E-state index in [0.717, 1.165) is 0 Å². The second-order valence-corrected chi connectivity index (χ2v) is 7.07. The molecular weight excluding hydrogens is 388 g/mol. The molecule has 8 N–H and O–H groups in total. The molecular formula is C17H30N4O8. The van der Waals surface area contributed by atoms with Crippen molar-refractivity contribution in [3.63, 3.8) is 0 Å². The van der Waals surface area contributed by atoms with Crippen molar-refractivity contribution in [2.24, 2.45) is 11.7 Å². The molecule has 0 spiro atoms. The molecule has 4 unspecified atom stereocenters. The average Bonchev–Trinajstić information content (AvgIpc) is 2.60. The largest absolute Gasteiger partial charge is 0.481 e. The first kappa shape index (κ1) is 26.3. The van der Waals surface area contributed by atoms with Crippen molar-refractivity contribution in [2.75, 3.05) is 6.54 Å². The molecule has 0 aliphatic rings. The Morgan fingerprint density at radius 2 is 1.52 bits per heavy atom. The predicted molar refractivity (Wildman–Crippen MR) is 100 cm³/mol. The molecule has 0 aliphatic heterocycles. The van der Waals surface area contributed by atoms with Gasteiger partial charge in [-0.1, -0.05) is 13.8 Å². The number of aliphatic hydroxyl groups excluding tert-OH is 1. The molecule has 0 bridgehead atoms. The molecule has 12 nitrogen and oxygen atoms in total. The first-order chi connectivity index (χ1) is 13.3. The highest BCUT2D eigenvalue weighted by Gasteiger charge is 2.28. The summed E-state index contributed by atoms with van der Waals surface area (Å²) < 4.78 is 0. The fourth-order valence-corrected chi connectivity index (χ4v) is 2.25. The SMILES string of the molecule is CC(C)CC(NC(=O)C(CCC(=O)O)NC(=O)CNC(=O)C(N)C(C)O)C(=O)O. The minimum atomic E-state index is -1.31. The molecule has 166 valence electrons. The maximum atomic E-state index is 12.4. The van der Waals surface area contributed by atoms with Gasteiger partial charge in [-0.25, -0.2) is 4.79 Å². The van der Waals surface area contributed by atoms with Crippen LogP contribution in [-0.4, -0.2) is 75.8 Å². The van der Waals surface area contributed by atoms with E-state index < -0.39 is 66.9 Å². The van der Waals surface area contributed by atoms with Gasteiger partial charge in [-0.05, 0) is 25.7 Å². The monoisotopic (exact) mass is 418 g/mol. The molecule has 0 saturated carbocycles. The summed E-state index contributed by atoms with van der Waals surface area (Å²) in [6.45, 7) is 4.27. The molecule has 0 aliphatic carbocycles. The fraction of sp³-hybridized carbons (Fsp3) is 0.706. The Bertz CT molecular complexity index is 608. The molecule has 0 aromatic rings. The van der Waals surface area contributed by atoms with E-state index in [1.54, 1.807) is 13.8 Å². The van der Waals surface area contributed by atoms with Gasteiger partial charge < -0.3 is 37.0 Å². The quantitative estimate of drug-likeness (QED) is 0.172. The molecule has 0 heterocycles. The molecule has 4 atom stereocenters. The van der Waals surface area contributed by atoms with Gasteiger partial charge in [0.2, 0.25) is 17.7 Å². The smallest absolute Gasteiger partial charge is 0.326 e. The Kier molecular flexibility index (Phi) is 11.5. The lowest BCUT2D eigenvalue weighted by Gasteiger charge is -2.22. The number of amides is 3. The van der Waals surface area contributed by atoms with E-state index in [1.165, 1.54) is 6.92 Å². The molecule has 0 fully saturated rings. The second kappa shape index (κ2) is 12.7. The van der Waals surface area contributed by atoms with Crippen LogP contribution in [0.2, 0.25) is 0 Å². The van der Waals surface area contributed by atoms with Crippen LogP contribution in [0.4, 0.5) is 0 Å². The van der Waals surface area contributed by atoms with Gasteiger partial charge in [0.05, 0.1) is 12.6 Å². The maximum absolute atomic E-state index is 12.4. The normalized spacial score (nSPS) is 15.0. The topological polar surface area (TPSA) is 208 Å². The molecule has 3 amide bonds. The summed E-state index contributed by atoms with van der Waals surface area (Å²) in [5.74, 6) is -4.93. The number of nitrogens with one attached hydrogen (secondary N) is 3. The van der Waals surface area contributed by atoms with E-state index >= 15 is 0 Å². The van der Waals surface area contributed by atoms with Gasteiger partial charge in [0.25, 0.3) is 0 Å². The van der Waals surface area contributed by atoms with Gasteiger partial charge in [0.15, 0.2) is 0 Å². The van der Waals surface area contributed by atoms with Gasteiger partial charge in [0, 0.05) is 6.42 Å². The number of carbonyl (C=O) groups is 5. The van der Waals surface area contributed by atoms with Crippen LogP contribution in [0.15, 0.2) is 0 Å². The highest BCUT2D eigenvalue weighted by Crippen LogP contribution is 2.06. The zero-order valence-corrected chi connectivity index (χ0v) is 16.7. The van der Waals surface area contributed by atoms with Crippen LogP contribution < -0.4 is 21.7 Å². The lowest BCUT2D eigenvalue weighted by atomic mass is 10.0. The minimum absolute atomic E-state index is 0.0307. The molecule has 0 aromatic heterocycles. The number of hydrogen-bond donors (Lipinski definition) is 7. The van der Waals surface area contributed by atoms with Crippen LogP contribution >= 0.6 is 0 Å².